The predicted octanol–water partition coefficient (Wildman–Crippen LogP) is 2.70. The molecule has 0 atom stereocenters. The molecule has 4 nitrogen and oxygen atoms in total. The van der Waals surface area contributed by atoms with Crippen molar-refractivity contribution in [2.24, 2.45) is 5.92 Å². The van der Waals surface area contributed by atoms with E-state index in [4.69, 9.17) is 4.74 Å². The Hall–Kier alpha value is -1.59. The number of ether oxygens (including phenoxy) is 1. The lowest BCUT2D eigenvalue weighted by Gasteiger charge is -2.31. The van der Waals surface area contributed by atoms with Crippen LogP contribution in [0.2, 0.25) is 0 Å². The average molecular weight is 319 g/mol. The van der Waals surface area contributed by atoms with Crippen LogP contribution >= 0.6 is 0 Å². The van der Waals surface area contributed by atoms with E-state index in [1.54, 1.807) is 10.4 Å². The van der Waals surface area contributed by atoms with Crippen molar-refractivity contribution in [3.63, 3.8) is 0 Å². The fourth-order valence-corrected chi connectivity index (χ4v) is 4.51. The fourth-order valence-electron chi connectivity index (χ4n) is 3.01. The molecule has 3 rings (SSSR count). The maximum atomic E-state index is 12.6. The zero-order valence-corrected chi connectivity index (χ0v) is 13.3. The second kappa shape index (κ2) is 6.67. The standard InChI is InChI=1S/C17H21NO3S/c19-22(20,17-8-12-21-13-9-17)18-10-6-16(7-11-18)14-15-4-2-1-3-5-15/h1-5,8-9,12,16H,6-7,10-11,13-14H2. The summed E-state index contributed by atoms with van der Waals surface area (Å²) in [6.45, 7) is 1.53. The van der Waals surface area contributed by atoms with E-state index in [1.807, 2.05) is 6.07 Å². The van der Waals surface area contributed by atoms with Gasteiger partial charge in [0.1, 0.15) is 6.61 Å². The molecule has 0 aliphatic carbocycles. The minimum absolute atomic E-state index is 0.329. The minimum Gasteiger partial charge on any atom is -0.497 e. The highest BCUT2D eigenvalue weighted by Crippen LogP contribution is 2.26. The topological polar surface area (TPSA) is 46.6 Å². The van der Waals surface area contributed by atoms with Gasteiger partial charge in [-0.2, -0.15) is 4.31 Å². The number of allylic oxidation sites excluding steroid dienone is 1. The lowest BCUT2D eigenvalue weighted by molar-refractivity contribution is 0.272. The van der Waals surface area contributed by atoms with Gasteiger partial charge in [0.05, 0.1) is 11.2 Å². The molecule has 0 bridgehead atoms. The summed E-state index contributed by atoms with van der Waals surface area (Å²) in [6.07, 6.45) is 7.49. The van der Waals surface area contributed by atoms with Crippen molar-refractivity contribution in [3.8, 4) is 0 Å². The summed E-state index contributed by atoms with van der Waals surface area (Å²) in [6, 6.07) is 10.4. The van der Waals surface area contributed by atoms with Gasteiger partial charge in [-0.05, 0) is 42.9 Å². The molecular formula is C17H21NO3S. The first kappa shape index (κ1) is 15.3. The molecule has 1 aromatic rings. The van der Waals surface area contributed by atoms with Crippen molar-refractivity contribution in [1.82, 2.24) is 4.31 Å². The van der Waals surface area contributed by atoms with Gasteiger partial charge in [0, 0.05) is 13.1 Å². The second-order valence-corrected chi connectivity index (χ2v) is 7.72. The van der Waals surface area contributed by atoms with Gasteiger partial charge in [-0.25, -0.2) is 8.42 Å². The van der Waals surface area contributed by atoms with E-state index in [0.717, 1.165) is 19.3 Å². The van der Waals surface area contributed by atoms with E-state index in [-0.39, 0.29) is 0 Å². The predicted molar refractivity (Wildman–Crippen MR) is 86.5 cm³/mol. The normalized spacial score (nSPS) is 20.5. The maximum absolute atomic E-state index is 12.6. The Morgan fingerprint density at radius 1 is 1.14 bits per heavy atom. The molecular weight excluding hydrogens is 298 g/mol. The van der Waals surface area contributed by atoms with E-state index in [0.29, 0.717) is 30.5 Å². The molecule has 0 spiro atoms. The lowest BCUT2D eigenvalue weighted by Crippen LogP contribution is -2.39. The Bertz CT molecular complexity index is 656. The van der Waals surface area contributed by atoms with Gasteiger partial charge < -0.3 is 4.74 Å². The molecule has 0 unspecified atom stereocenters. The van der Waals surface area contributed by atoms with Crippen molar-refractivity contribution in [1.29, 1.82) is 0 Å². The molecule has 0 N–H and O–H groups in total. The highest BCUT2D eigenvalue weighted by molar-refractivity contribution is 7.93. The summed E-state index contributed by atoms with van der Waals surface area (Å²) >= 11 is 0. The van der Waals surface area contributed by atoms with Crippen LogP contribution in [0.5, 0.6) is 0 Å². The van der Waals surface area contributed by atoms with Gasteiger partial charge in [0.25, 0.3) is 0 Å². The molecule has 0 radical (unpaired) electrons. The molecule has 0 saturated carbocycles. The van der Waals surface area contributed by atoms with Gasteiger partial charge >= 0.3 is 0 Å². The van der Waals surface area contributed by atoms with Crippen LogP contribution in [-0.4, -0.2) is 32.4 Å². The molecule has 0 aromatic heterocycles. The van der Waals surface area contributed by atoms with Crippen molar-refractivity contribution < 1.29 is 13.2 Å². The summed E-state index contributed by atoms with van der Waals surface area (Å²) in [7, 11) is -3.35. The van der Waals surface area contributed by atoms with Crippen LogP contribution in [0.4, 0.5) is 0 Å². The van der Waals surface area contributed by atoms with Gasteiger partial charge in [-0.1, -0.05) is 30.3 Å². The van der Waals surface area contributed by atoms with Gasteiger partial charge in [0.15, 0.2) is 0 Å². The van der Waals surface area contributed by atoms with Crippen LogP contribution in [0, 0.1) is 5.92 Å². The van der Waals surface area contributed by atoms with Crippen molar-refractivity contribution >= 4 is 10.0 Å². The van der Waals surface area contributed by atoms with Crippen LogP contribution in [0.25, 0.3) is 0 Å². The molecule has 22 heavy (non-hydrogen) atoms. The first-order valence-electron chi connectivity index (χ1n) is 7.68. The summed E-state index contributed by atoms with van der Waals surface area (Å²) in [5.74, 6) is 0.563. The Morgan fingerprint density at radius 2 is 1.86 bits per heavy atom. The van der Waals surface area contributed by atoms with Crippen molar-refractivity contribution in [2.45, 2.75) is 19.3 Å². The number of sulfonamides is 1. The summed E-state index contributed by atoms with van der Waals surface area (Å²) < 4.78 is 31.7. The molecule has 2 aliphatic rings. The third-order valence-corrected chi connectivity index (χ3v) is 6.23. The number of hydrogen-bond acceptors (Lipinski definition) is 3. The third-order valence-electron chi connectivity index (χ3n) is 4.29. The largest absolute Gasteiger partial charge is 0.497 e. The Labute approximate surface area is 132 Å². The van der Waals surface area contributed by atoms with E-state index in [2.05, 4.69) is 24.3 Å². The van der Waals surface area contributed by atoms with E-state index in [9.17, 15) is 8.42 Å². The monoisotopic (exact) mass is 319 g/mol. The second-order valence-electron chi connectivity index (χ2n) is 5.78. The SMILES string of the molecule is O=S(=O)(C1=CCOC=C1)N1CCC(Cc2ccccc2)CC1. The summed E-state index contributed by atoms with van der Waals surface area (Å²) in [5.41, 5.74) is 1.33. The molecule has 1 fully saturated rings. The lowest BCUT2D eigenvalue weighted by atomic mass is 9.91. The molecule has 1 saturated heterocycles. The van der Waals surface area contributed by atoms with Crippen LogP contribution in [0.3, 0.4) is 0 Å². The number of benzene rings is 1. The fraction of sp³-hybridized carbons (Fsp3) is 0.412. The molecule has 5 heteroatoms. The number of nitrogens with zero attached hydrogens (tertiary/aromatic N) is 1. The van der Waals surface area contributed by atoms with Crippen LogP contribution in [-0.2, 0) is 21.2 Å². The van der Waals surface area contributed by atoms with E-state index >= 15 is 0 Å². The zero-order chi connectivity index (χ0) is 15.4. The zero-order valence-electron chi connectivity index (χ0n) is 12.5. The Balaban J connectivity index is 1.59. The Kier molecular flexibility index (Phi) is 4.64. The van der Waals surface area contributed by atoms with Gasteiger partial charge in [0.2, 0.25) is 10.0 Å². The molecule has 118 valence electrons. The highest BCUT2D eigenvalue weighted by Gasteiger charge is 2.30. The van der Waals surface area contributed by atoms with E-state index < -0.39 is 10.0 Å². The van der Waals surface area contributed by atoms with Crippen LogP contribution < -0.4 is 0 Å². The smallest absolute Gasteiger partial charge is 0.242 e. The quantitative estimate of drug-likeness (QED) is 0.857. The minimum atomic E-state index is -3.35. The van der Waals surface area contributed by atoms with Crippen molar-refractivity contribution in [2.75, 3.05) is 19.7 Å². The molecule has 1 aromatic carbocycles. The molecule has 0 amide bonds. The van der Waals surface area contributed by atoms with E-state index in [1.165, 1.54) is 17.9 Å². The number of rotatable bonds is 4. The molecule has 2 aliphatic heterocycles. The van der Waals surface area contributed by atoms with Crippen LogP contribution in [0.1, 0.15) is 18.4 Å². The third kappa shape index (κ3) is 3.42. The summed E-state index contributed by atoms with van der Waals surface area (Å²) in [4.78, 5) is 0.361. The number of piperidine rings is 1. The van der Waals surface area contributed by atoms with Crippen LogP contribution in [0.15, 0.2) is 53.7 Å². The van der Waals surface area contributed by atoms with Gasteiger partial charge in [-0.15, -0.1) is 0 Å². The first-order valence-corrected chi connectivity index (χ1v) is 9.12. The Morgan fingerprint density at radius 3 is 2.50 bits per heavy atom. The highest BCUT2D eigenvalue weighted by atomic mass is 32.2. The molecule has 2 heterocycles. The summed E-state index contributed by atoms with van der Waals surface area (Å²) in [5, 5.41) is 0. The maximum Gasteiger partial charge on any atom is 0.242 e. The number of hydrogen-bond donors (Lipinski definition) is 0. The van der Waals surface area contributed by atoms with Gasteiger partial charge in [-0.3, -0.25) is 0 Å². The average Bonchev–Trinajstić information content (AvgIpc) is 2.57. The first-order chi connectivity index (χ1) is 10.7. The van der Waals surface area contributed by atoms with Crippen molar-refractivity contribution in [3.05, 3.63) is 59.2 Å².